The van der Waals surface area contributed by atoms with Crippen LogP contribution < -0.4 is 15.2 Å². The second kappa shape index (κ2) is 7.84. The van der Waals surface area contributed by atoms with Gasteiger partial charge in [0.15, 0.2) is 5.82 Å². The first kappa shape index (κ1) is 18.7. The molecule has 5 aromatic rings. The van der Waals surface area contributed by atoms with Crippen molar-refractivity contribution in [3.05, 3.63) is 91.1 Å². The van der Waals surface area contributed by atoms with E-state index in [0.29, 0.717) is 5.82 Å². The summed E-state index contributed by atoms with van der Waals surface area (Å²) in [6.07, 6.45) is 1.77. The fourth-order valence-corrected chi connectivity index (χ4v) is 3.56. The maximum atomic E-state index is 6.33. The summed E-state index contributed by atoms with van der Waals surface area (Å²) in [5.74, 6) is 2.72. The van der Waals surface area contributed by atoms with Crippen molar-refractivity contribution < 1.29 is 9.47 Å². The molecule has 2 N–H and O–H groups in total. The van der Waals surface area contributed by atoms with Gasteiger partial charge in [-0.3, -0.25) is 4.98 Å². The molecule has 0 amide bonds. The Bertz CT molecular complexity index is 1350. The molecular weight excluding hydrogens is 388 g/mol. The van der Waals surface area contributed by atoms with Crippen LogP contribution in [0.25, 0.3) is 27.8 Å². The summed E-state index contributed by atoms with van der Waals surface area (Å²) in [7, 11) is 1.64. The summed E-state index contributed by atoms with van der Waals surface area (Å²) in [5.41, 5.74) is 9.77. The lowest BCUT2D eigenvalue weighted by Gasteiger charge is -2.08. The van der Waals surface area contributed by atoms with Gasteiger partial charge >= 0.3 is 0 Å². The van der Waals surface area contributed by atoms with Crippen LogP contribution in [0.4, 0.5) is 5.82 Å². The monoisotopic (exact) mass is 408 g/mol. The van der Waals surface area contributed by atoms with Gasteiger partial charge in [0.2, 0.25) is 0 Å². The van der Waals surface area contributed by atoms with Crippen molar-refractivity contribution in [1.82, 2.24) is 14.8 Å². The zero-order valence-electron chi connectivity index (χ0n) is 16.9. The normalized spacial score (nSPS) is 10.9. The minimum absolute atomic E-state index is 0.422. The zero-order valence-corrected chi connectivity index (χ0v) is 16.9. The molecule has 0 spiro atoms. The topological polar surface area (TPSA) is 75.2 Å². The lowest BCUT2D eigenvalue weighted by Crippen LogP contribution is -1.97. The van der Waals surface area contributed by atoms with E-state index in [-0.39, 0.29) is 0 Å². The van der Waals surface area contributed by atoms with Crippen molar-refractivity contribution in [2.45, 2.75) is 0 Å². The predicted octanol–water partition coefficient (Wildman–Crippen LogP) is 5.47. The van der Waals surface area contributed by atoms with Crippen LogP contribution in [0.15, 0.2) is 91.1 Å². The maximum Gasteiger partial charge on any atom is 0.156 e. The van der Waals surface area contributed by atoms with E-state index in [1.165, 1.54) is 0 Å². The highest BCUT2D eigenvalue weighted by atomic mass is 16.5. The largest absolute Gasteiger partial charge is 0.497 e. The van der Waals surface area contributed by atoms with E-state index in [1.54, 1.807) is 13.3 Å². The van der Waals surface area contributed by atoms with E-state index in [1.807, 2.05) is 89.6 Å². The van der Waals surface area contributed by atoms with Gasteiger partial charge in [-0.2, -0.15) is 0 Å². The SMILES string of the molecule is COc1cccc(-n2nc(N)c3c(-c4ccc(Oc5ccccc5)cc4)nccc32)c1. The summed E-state index contributed by atoms with van der Waals surface area (Å²) >= 11 is 0. The molecule has 0 saturated heterocycles. The number of methoxy groups -OCH3 is 1. The lowest BCUT2D eigenvalue weighted by atomic mass is 10.1. The molecule has 3 aromatic carbocycles. The van der Waals surface area contributed by atoms with Crippen molar-refractivity contribution in [3.63, 3.8) is 0 Å². The average Bonchev–Trinajstić information content (AvgIpc) is 3.17. The first-order valence-corrected chi connectivity index (χ1v) is 9.84. The predicted molar refractivity (Wildman–Crippen MR) is 122 cm³/mol. The molecule has 0 aliphatic heterocycles. The van der Waals surface area contributed by atoms with Gasteiger partial charge in [0.25, 0.3) is 0 Å². The minimum Gasteiger partial charge on any atom is -0.497 e. The number of aromatic nitrogens is 3. The molecule has 152 valence electrons. The number of ether oxygens (including phenoxy) is 2. The van der Waals surface area contributed by atoms with Crippen molar-refractivity contribution >= 4 is 16.7 Å². The Kier molecular flexibility index (Phi) is 4.72. The average molecular weight is 408 g/mol. The van der Waals surface area contributed by atoms with Crippen LogP contribution in [0.5, 0.6) is 17.2 Å². The second-order valence-electron chi connectivity index (χ2n) is 6.99. The molecular formula is C25H20N4O2. The number of fused-ring (bicyclic) bond motifs is 1. The first-order valence-electron chi connectivity index (χ1n) is 9.84. The van der Waals surface area contributed by atoms with Crippen LogP contribution in [-0.2, 0) is 0 Å². The van der Waals surface area contributed by atoms with Crippen LogP contribution in [0, 0.1) is 0 Å². The highest BCUT2D eigenvalue weighted by molar-refractivity contribution is 6.00. The number of rotatable bonds is 5. The van der Waals surface area contributed by atoms with Crippen molar-refractivity contribution in [3.8, 4) is 34.2 Å². The van der Waals surface area contributed by atoms with E-state index >= 15 is 0 Å². The van der Waals surface area contributed by atoms with Crippen LogP contribution in [0.3, 0.4) is 0 Å². The Labute approximate surface area is 179 Å². The summed E-state index contributed by atoms with van der Waals surface area (Å²) in [4.78, 5) is 4.59. The number of nitrogen functional groups attached to an aromatic ring is 1. The molecule has 2 aromatic heterocycles. The smallest absolute Gasteiger partial charge is 0.156 e. The number of nitrogens with two attached hydrogens (primary N) is 1. The molecule has 31 heavy (non-hydrogen) atoms. The third-order valence-corrected chi connectivity index (χ3v) is 5.03. The third-order valence-electron chi connectivity index (χ3n) is 5.03. The van der Waals surface area contributed by atoms with Crippen LogP contribution in [0.1, 0.15) is 0 Å². The van der Waals surface area contributed by atoms with Gasteiger partial charge in [-0.15, -0.1) is 5.10 Å². The number of benzene rings is 3. The Morgan fingerprint density at radius 1 is 0.806 bits per heavy atom. The van der Waals surface area contributed by atoms with E-state index in [0.717, 1.165) is 45.1 Å². The maximum absolute atomic E-state index is 6.33. The summed E-state index contributed by atoms with van der Waals surface area (Å²) in [6.45, 7) is 0. The molecule has 0 fully saturated rings. The Hall–Kier alpha value is -4.32. The highest BCUT2D eigenvalue weighted by Crippen LogP contribution is 2.33. The van der Waals surface area contributed by atoms with Gasteiger partial charge in [-0.1, -0.05) is 24.3 Å². The summed E-state index contributed by atoms with van der Waals surface area (Å²) < 4.78 is 13.0. The number of para-hydroxylation sites is 1. The third kappa shape index (κ3) is 3.55. The number of hydrogen-bond acceptors (Lipinski definition) is 5. The molecule has 6 heteroatoms. The molecule has 0 bridgehead atoms. The highest BCUT2D eigenvalue weighted by Gasteiger charge is 2.16. The van der Waals surface area contributed by atoms with Gasteiger partial charge in [0.05, 0.1) is 29.4 Å². The Morgan fingerprint density at radius 2 is 1.55 bits per heavy atom. The molecule has 5 rings (SSSR count). The fourth-order valence-electron chi connectivity index (χ4n) is 3.56. The van der Waals surface area contributed by atoms with Gasteiger partial charge in [-0.05, 0) is 54.6 Å². The lowest BCUT2D eigenvalue weighted by molar-refractivity contribution is 0.414. The number of pyridine rings is 1. The molecule has 0 unspecified atom stereocenters. The number of anilines is 1. The van der Waals surface area contributed by atoms with Gasteiger partial charge in [0.1, 0.15) is 17.2 Å². The van der Waals surface area contributed by atoms with Crippen LogP contribution in [-0.4, -0.2) is 21.9 Å². The number of nitrogens with zero attached hydrogens (tertiary/aromatic N) is 3. The van der Waals surface area contributed by atoms with E-state index in [2.05, 4.69) is 10.1 Å². The summed E-state index contributed by atoms with van der Waals surface area (Å²) in [6, 6.07) is 27.1. The van der Waals surface area contributed by atoms with E-state index in [4.69, 9.17) is 15.2 Å². The first-order chi connectivity index (χ1) is 15.2. The minimum atomic E-state index is 0.422. The van der Waals surface area contributed by atoms with Gasteiger partial charge < -0.3 is 15.2 Å². The summed E-state index contributed by atoms with van der Waals surface area (Å²) in [5, 5.41) is 5.38. The molecule has 0 aliphatic rings. The van der Waals surface area contributed by atoms with Gasteiger partial charge in [-0.25, -0.2) is 4.68 Å². The van der Waals surface area contributed by atoms with Gasteiger partial charge in [0, 0.05) is 17.8 Å². The fraction of sp³-hybridized carbons (Fsp3) is 0.0400. The molecule has 0 aliphatic carbocycles. The van der Waals surface area contributed by atoms with Crippen molar-refractivity contribution in [1.29, 1.82) is 0 Å². The van der Waals surface area contributed by atoms with Crippen molar-refractivity contribution in [2.75, 3.05) is 12.8 Å². The molecule has 0 saturated carbocycles. The Morgan fingerprint density at radius 3 is 2.32 bits per heavy atom. The zero-order chi connectivity index (χ0) is 21.2. The Balaban J connectivity index is 1.54. The van der Waals surface area contributed by atoms with Crippen LogP contribution in [0.2, 0.25) is 0 Å². The molecule has 0 atom stereocenters. The molecule has 6 nitrogen and oxygen atoms in total. The molecule has 2 heterocycles. The quantitative estimate of drug-likeness (QED) is 0.417. The molecule has 0 radical (unpaired) electrons. The van der Waals surface area contributed by atoms with Crippen LogP contribution >= 0.6 is 0 Å². The standard InChI is InChI=1S/C25H20N4O2/c1-30-21-9-5-6-18(16-21)29-22-14-15-27-24(23(22)25(26)28-29)17-10-12-20(13-11-17)31-19-7-3-2-4-8-19/h2-16H,1H3,(H2,26,28). The second-order valence-corrected chi connectivity index (χ2v) is 6.99. The van der Waals surface area contributed by atoms with Crippen molar-refractivity contribution in [2.24, 2.45) is 0 Å². The van der Waals surface area contributed by atoms with E-state index < -0.39 is 0 Å². The van der Waals surface area contributed by atoms with E-state index in [9.17, 15) is 0 Å². The number of hydrogen-bond donors (Lipinski definition) is 1.